The van der Waals surface area contributed by atoms with Crippen LogP contribution in [0.5, 0.6) is 0 Å². The number of benzene rings is 2. The molecule has 37 heavy (non-hydrogen) atoms. The van der Waals surface area contributed by atoms with Crippen LogP contribution in [0.2, 0.25) is 0 Å². The Morgan fingerprint density at radius 1 is 0.973 bits per heavy atom. The number of rotatable bonds is 7. The molecule has 4 aromatic rings. The second-order valence-corrected chi connectivity index (χ2v) is 7.52. The number of carbonyl (C=O) groups excluding carboxylic acids is 1. The number of hydrogen-bond acceptors (Lipinski definition) is 5. The van der Waals surface area contributed by atoms with Gasteiger partial charge in [-0.2, -0.15) is 18.2 Å². The minimum Gasteiger partial charge on any atom is -0.354 e. The van der Waals surface area contributed by atoms with Gasteiger partial charge >= 0.3 is 12.2 Å². The average Bonchev–Trinajstić information content (AvgIpc) is 3.39. The molecule has 0 radical (unpaired) electrons. The molecule has 11 heteroatoms. The molecule has 0 saturated heterocycles. The summed E-state index contributed by atoms with van der Waals surface area (Å²) in [6.45, 7) is 2.81. The number of amides is 2. The molecule has 0 aliphatic carbocycles. The Balaban J connectivity index is 0.00000186. The van der Waals surface area contributed by atoms with Crippen LogP contribution in [-0.4, -0.2) is 32.1 Å². The first-order valence-electron chi connectivity index (χ1n) is 11.1. The number of nitrogens with one attached hydrogen (secondary N) is 3. The molecule has 2 amide bonds. The Morgan fingerprint density at radius 3 is 2.41 bits per heavy atom. The van der Waals surface area contributed by atoms with Gasteiger partial charge in [-0.25, -0.2) is 14.8 Å². The highest BCUT2D eigenvalue weighted by molar-refractivity contribution is 5.99. The van der Waals surface area contributed by atoms with E-state index in [1.165, 1.54) is 12.1 Å². The van der Waals surface area contributed by atoms with Crippen molar-refractivity contribution in [1.82, 2.24) is 19.5 Å². The van der Waals surface area contributed by atoms with Crippen molar-refractivity contribution in [2.24, 2.45) is 0 Å². The summed E-state index contributed by atoms with van der Waals surface area (Å²) in [6.07, 6.45) is 9.57. The summed E-state index contributed by atoms with van der Waals surface area (Å²) in [6, 6.07) is 12.4. The van der Waals surface area contributed by atoms with Gasteiger partial charge in [0.25, 0.3) is 0 Å². The van der Waals surface area contributed by atoms with Gasteiger partial charge in [-0.1, -0.05) is 13.0 Å². The van der Waals surface area contributed by atoms with Gasteiger partial charge in [-0.15, -0.1) is 12.8 Å². The van der Waals surface area contributed by atoms with Crippen LogP contribution < -0.4 is 16.0 Å². The molecule has 3 N–H and O–H groups in total. The zero-order valence-corrected chi connectivity index (χ0v) is 19.8. The van der Waals surface area contributed by atoms with E-state index in [0.29, 0.717) is 23.3 Å². The number of nitrogens with zero attached hydrogens (tertiary/aromatic N) is 4. The Bertz CT molecular complexity index is 1350. The summed E-state index contributed by atoms with van der Waals surface area (Å²) in [5.74, 6) is 1.81. The number of carbonyl (C=O) groups is 1. The maximum Gasteiger partial charge on any atom is 0.416 e. The number of alkyl halides is 3. The molecule has 0 atom stereocenters. The van der Waals surface area contributed by atoms with E-state index in [9.17, 15) is 18.0 Å². The molecule has 0 aliphatic rings. The SMILES string of the molecule is C#C.CCCNc1nccc(-n2ccnc2-c2ccc(NC(=O)Nc3cccc(C(F)(F)F)c3)cc2)n1. The minimum atomic E-state index is -4.49. The molecule has 0 aliphatic heterocycles. The highest BCUT2D eigenvalue weighted by Crippen LogP contribution is 2.30. The van der Waals surface area contributed by atoms with Crippen LogP contribution in [0.1, 0.15) is 18.9 Å². The molecule has 0 saturated carbocycles. The maximum atomic E-state index is 12.9. The largest absolute Gasteiger partial charge is 0.416 e. The van der Waals surface area contributed by atoms with Crippen LogP contribution in [0.15, 0.2) is 73.2 Å². The van der Waals surface area contributed by atoms with E-state index >= 15 is 0 Å². The highest BCUT2D eigenvalue weighted by Gasteiger charge is 2.30. The topological polar surface area (TPSA) is 96.8 Å². The summed E-state index contributed by atoms with van der Waals surface area (Å²) in [5.41, 5.74) is 0.436. The van der Waals surface area contributed by atoms with Crippen molar-refractivity contribution in [3.05, 3.63) is 78.8 Å². The summed E-state index contributed by atoms with van der Waals surface area (Å²) < 4.78 is 40.4. The molecule has 2 aromatic carbocycles. The van der Waals surface area contributed by atoms with E-state index < -0.39 is 17.8 Å². The van der Waals surface area contributed by atoms with Gasteiger partial charge in [0.15, 0.2) is 0 Å². The van der Waals surface area contributed by atoms with E-state index in [1.54, 1.807) is 48.9 Å². The first kappa shape index (κ1) is 26.7. The summed E-state index contributed by atoms with van der Waals surface area (Å²) in [4.78, 5) is 25.4. The molecule has 0 bridgehead atoms. The number of anilines is 3. The fourth-order valence-corrected chi connectivity index (χ4v) is 3.28. The fraction of sp³-hybridized carbons (Fsp3) is 0.154. The third-order valence-electron chi connectivity index (χ3n) is 4.91. The number of terminal acetylenes is 1. The van der Waals surface area contributed by atoms with Crippen molar-refractivity contribution >= 4 is 23.4 Å². The average molecular weight is 508 g/mol. The Morgan fingerprint density at radius 2 is 1.70 bits per heavy atom. The smallest absolute Gasteiger partial charge is 0.354 e. The van der Waals surface area contributed by atoms with Crippen molar-refractivity contribution in [1.29, 1.82) is 0 Å². The van der Waals surface area contributed by atoms with Gasteiger partial charge in [0, 0.05) is 42.1 Å². The monoisotopic (exact) mass is 507 g/mol. The van der Waals surface area contributed by atoms with E-state index in [4.69, 9.17) is 0 Å². The third kappa shape index (κ3) is 7.08. The number of hydrogen-bond donors (Lipinski definition) is 3. The number of imidazole rings is 1. The van der Waals surface area contributed by atoms with Gasteiger partial charge in [0.2, 0.25) is 5.95 Å². The molecular weight excluding hydrogens is 483 g/mol. The Hall–Kier alpha value is -4.85. The first-order chi connectivity index (χ1) is 17.8. The first-order valence-corrected chi connectivity index (χ1v) is 11.1. The lowest BCUT2D eigenvalue weighted by Gasteiger charge is -2.11. The lowest BCUT2D eigenvalue weighted by molar-refractivity contribution is -0.137. The highest BCUT2D eigenvalue weighted by atomic mass is 19.4. The Labute approximate surface area is 212 Å². The predicted octanol–water partition coefficient (Wildman–Crippen LogP) is 6.06. The van der Waals surface area contributed by atoms with E-state index in [0.717, 1.165) is 30.7 Å². The second-order valence-electron chi connectivity index (χ2n) is 7.52. The molecule has 0 fully saturated rings. The normalized spacial score (nSPS) is 10.6. The fourth-order valence-electron chi connectivity index (χ4n) is 3.28. The van der Waals surface area contributed by atoms with Crippen LogP contribution >= 0.6 is 0 Å². The van der Waals surface area contributed by atoms with Crippen LogP contribution in [0, 0.1) is 12.8 Å². The molecular formula is C26H24F3N7O. The number of aromatic nitrogens is 4. The molecule has 4 rings (SSSR count). The summed E-state index contributed by atoms with van der Waals surface area (Å²) in [5, 5.41) is 8.17. The van der Waals surface area contributed by atoms with Crippen molar-refractivity contribution in [3.8, 4) is 30.1 Å². The van der Waals surface area contributed by atoms with Crippen LogP contribution in [0.3, 0.4) is 0 Å². The lowest BCUT2D eigenvalue weighted by Crippen LogP contribution is -2.19. The van der Waals surface area contributed by atoms with E-state index in [1.807, 2.05) is 4.57 Å². The van der Waals surface area contributed by atoms with Crippen molar-refractivity contribution in [2.75, 3.05) is 22.5 Å². The molecule has 8 nitrogen and oxygen atoms in total. The summed E-state index contributed by atoms with van der Waals surface area (Å²) in [7, 11) is 0. The quantitative estimate of drug-likeness (QED) is 0.264. The minimum absolute atomic E-state index is 0.0358. The van der Waals surface area contributed by atoms with Gasteiger partial charge in [0.1, 0.15) is 11.6 Å². The molecule has 0 unspecified atom stereocenters. The van der Waals surface area contributed by atoms with Gasteiger partial charge in [-0.3, -0.25) is 4.57 Å². The third-order valence-corrected chi connectivity index (χ3v) is 4.91. The zero-order valence-electron chi connectivity index (χ0n) is 19.8. The van der Waals surface area contributed by atoms with Gasteiger partial charge in [-0.05, 0) is 55.0 Å². The number of halogens is 3. The summed E-state index contributed by atoms with van der Waals surface area (Å²) >= 11 is 0. The van der Waals surface area contributed by atoms with E-state index in [-0.39, 0.29) is 5.69 Å². The lowest BCUT2D eigenvalue weighted by atomic mass is 10.2. The second kappa shape index (κ2) is 12.2. The van der Waals surface area contributed by atoms with Crippen LogP contribution in [0.4, 0.5) is 35.3 Å². The molecule has 0 spiro atoms. The Kier molecular flexibility index (Phi) is 8.83. The maximum absolute atomic E-state index is 12.9. The molecule has 2 heterocycles. The van der Waals surface area contributed by atoms with Crippen molar-refractivity contribution in [3.63, 3.8) is 0 Å². The van der Waals surface area contributed by atoms with Crippen LogP contribution in [-0.2, 0) is 6.18 Å². The van der Waals surface area contributed by atoms with Crippen molar-refractivity contribution in [2.45, 2.75) is 19.5 Å². The van der Waals surface area contributed by atoms with Gasteiger partial charge < -0.3 is 16.0 Å². The molecule has 190 valence electrons. The molecule has 2 aromatic heterocycles. The van der Waals surface area contributed by atoms with Crippen LogP contribution in [0.25, 0.3) is 17.2 Å². The zero-order chi connectivity index (χ0) is 26.8. The standard InChI is InChI=1S/C24H22F3N7O.C2H2/c1-2-11-29-22-30-12-10-20(33-22)34-14-13-28-21(34)16-6-8-18(9-7-16)31-23(35)32-19-5-3-4-17(15-19)24(25,26)27;1-2/h3-10,12-15H,2,11H2,1H3,(H,29,30,33)(H2,31,32,35);1-2H. The van der Waals surface area contributed by atoms with E-state index in [2.05, 4.69) is 50.7 Å². The predicted molar refractivity (Wildman–Crippen MR) is 137 cm³/mol. The number of urea groups is 1. The van der Waals surface area contributed by atoms with Crippen molar-refractivity contribution < 1.29 is 18.0 Å². The van der Waals surface area contributed by atoms with Gasteiger partial charge in [0.05, 0.1) is 5.56 Å².